The van der Waals surface area contributed by atoms with Gasteiger partial charge in [0.1, 0.15) is 0 Å². The van der Waals surface area contributed by atoms with Crippen LogP contribution in [-0.2, 0) is 24.3 Å². The Hall–Kier alpha value is -2.41. The summed E-state index contributed by atoms with van der Waals surface area (Å²) < 4.78 is 0. The van der Waals surface area contributed by atoms with Crippen LogP contribution < -0.4 is 10.6 Å². The largest absolute Gasteiger partial charge is 0.356 e. The number of benzene rings is 1. The molecule has 2 N–H and O–H groups in total. The van der Waals surface area contributed by atoms with Gasteiger partial charge in [0.2, 0.25) is 5.91 Å². The Bertz CT molecular complexity index is 845. The summed E-state index contributed by atoms with van der Waals surface area (Å²) in [6.07, 6.45) is 2.29. The molecular formula is C21H29N5OS. The van der Waals surface area contributed by atoms with Crippen molar-refractivity contribution in [3.8, 4) is 0 Å². The number of nitrogens with zero attached hydrogens (tertiary/aromatic N) is 3. The standard InChI is InChI=1S/C21H29N5OS/c1-15-19(28-16(2)25-15)13-24-21(22-3)23-11-6-9-20(27)26-12-10-17-7-4-5-8-18(17)14-26/h4-5,7-8H,6,9-14H2,1-3H3,(H2,22,23,24). The summed E-state index contributed by atoms with van der Waals surface area (Å²) in [4.78, 5) is 24.4. The Labute approximate surface area is 171 Å². The molecule has 0 saturated carbocycles. The van der Waals surface area contributed by atoms with Gasteiger partial charge in [0.25, 0.3) is 0 Å². The first kappa shape index (κ1) is 20.3. The molecule has 0 spiro atoms. The Balaban J connectivity index is 1.37. The van der Waals surface area contributed by atoms with Crippen LogP contribution in [-0.4, -0.2) is 41.9 Å². The van der Waals surface area contributed by atoms with Crippen molar-refractivity contribution in [1.29, 1.82) is 0 Å². The quantitative estimate of drug-likeness (QED) is 0.445. The molecule has 2 aromatic rings. The second kappa shape index (κ2) is 9.68. The maximum absolute atomic E-state index is 12.5. The first-order valence-corrected chi connectivity index (χ1v) is 10.6. The summed E-state index contributed by atoms with van der Waals surface area (Å²) in [6.45, 7) is 7.03. The van der Waals surface area contributed by atoms with E-state index in [2.05, 4.69) is 38.8 Å². The molecule has 0 radical (unpaired) electrons. The molecule has 1 aliphatic rings. The number of hydrogen-bond donors (Lipinski definition) is 2. The average molecular weight is 400 g/mol. The zero-order valence-electron chi connectivity index (χ0n) is 16.9. The molecule has 2 heterocycles. The minimum atomic E-state index is 0.231. The lowest BCUT2D eigenvalue weighted by molar-refractivity contribution is -0.132. The minimum absolute atomic E-state index is 0.231. The number of aryl methyl sites for hydroxylation is 2. The molecule has 1 aliphatic heterocycles. The third-order valence-corrected chi connectivity index (χ3v) is 6.06. The second-order valence-corrected chi connectivity index (χ2v) is 8.32. The third kappa shape index (κ3) is 5.32. The van der Waals surface area contributed by atoms with Crippen molar-refractivity contribution in [2.75, 3.05) is 20.1 Å². The van der Waals surface area contributed by atoms with Crippen molar-refractivity contribution < 1.29 is 4.79 Å². The van der Waals surface area contributed by atoms with Gasteiger partial charge in [-0.05, 0) is 37.8 Å². The van der Waals surface area contributed by atoms with Gasteiger partial charge < -0.3 is 15.5 Å². The number of thiazole rings is 1. The molecule has 6 nitrogen and oxygen atoms in total. The number of aromatic nitrogens is 1. The summed E-state index contributed by atoms with van der Waals surface area (Å²) in [5.41, 5.74) is 3.71. The van der Waals surface area contributed by atoms with Gasteiger partial charge in [-0.25, -0.2) is 4.98 Å². The average Bonchev–Trinajstić information content (AvgIpc) is 3.03. The summed E-state index contributed by atoms with van der Waals surface area (Å²) >= 11 is 1.70. The zero-order chi connectivity index (χ0) is 19.9. The molecule has 0 unspecified atom stereocenters. The van der Waals surface area contributed by atoms with Crippen molar-refractivity contribution in [2.45, 2.75) is 46.2 Å². The highest BCUT2D eigenvalue weighted by Crippen LogP contribution is 2.19. The SMILES string of the molecule is CN=C(NCCCC(=O)N1CCc2ccccc2C1)NCc1sc(C)nc1C. The lowest BCUT2D eigenvalue weighted by Crippen LogP contribution is -2.38. The highest BCUT2D eigenvalue weighted by molar-refractivity contribution is 7.11. The van der Waals surface area contributed by atoms with E-state index in [-0.39, 0.29) is 5.91 Å². The molecule has 0 aliphatic carbocycles. The molecule has 1 aromatic carbocycles. The van der Waals surface area contributed by atoms with Gasteiger partial charge in [0.05, 0.1) is 17.2 Å². The van der Waals surface area contributed by atoms with E-state index in [0.717, 1.165) is 49.1 Å². The predicted molar refractivity (Wildman–Crippen MR) is 115 cm³/mol. The number of fused-ring (bicyclic) bond motifs is 1. The van der Waals surface area contributed by atoms with Crippen LogP contribution in [0.5, 0.6) is 0 Å². The van der Waals surface area contributed by atoms with Crippen molar-refractivity contribution in [3.05, 3.63) is 51.0 Å². The second-order valence-electron chi connectivity index (χ2n) is 7.03. The van der Waals surface area contributed by atoms with Gasteiger partial charge in [-0.1, -0.05) is 24.3 Å². The fourth-order valence-electron chi connectivity index (χ4n) is 3.44. The summed E-state index contributed by atoms with van der Waals surface area (Å²) in [5.74, 6) is 0.986. The Morgan fingerprint density at radius 1 is 1.25 bits per heavy atom. The van der Waals surface area contributed by atoms with E-state index in [1.54, 1.807) is 18.4 Å². The minimum Gasteiger partial charge on any atom is -0.356 e. The van der Waals surface area contributed by atoms with Gasteiger partial charge >= 0.3 is 0 Å². The Morgan fingerprint density at radius 2 is 2.04 bits per heavy atom. The van der Waals surface area contributed by atoms with Gasteiger partial charge in [0.15, 0.2) is 5.96 Å². The van der Waals surface area contributed by atoms with Crippen LogP contribution in [0.1, 0.15) is 39.5 Å². The topological polar surface area (TPSA) is 69.6 Å². The van der Waals surface area contributed by atoms with Crippen molar-refractivity contribution >= 4 is 23.2 Å². The highest BCUT2D eigenvalue weighted by Gasteiger charge is 2.19. The summed E-state index contributed by atoms with van der Waals surface area (Å²) in [5, 5.41) is 7.69. The smallest absolute Gasteiger partial charge is 0.222 e. The summed E-state index contributed by atoms with van der Waals surface area (Å²) in [6, 6.07) is 8.40. The fourth-order valence-corrected chi connectivity index (χ4v) is 4.31. The van der Waals surface area contributed by atoms with Crippen LogP contribution in [0, 0.1) is 13.8 Å². The van der Waals surface area contributed by atoms with E-state index in [1.165, 1.54) is 16.0 Å². The molecule has 0 atom stereocenters. The van der Waals surface area contributed by atoms with Crippen molar-refractivity contribution in [2.24, 2.45) is 4.99 Å². The number of hydrogen-bond acceptors (Lipinski definition) is 4. The molecule has 7 heteroatoms. The van der Waals surface area contributed by atoms with E-state index in [1.807, 2.05) is 24.8 Å². The number of amides is 1. The third-order valence-electron chi connectivity index (χ3n) is 4.98. The maximum Gasteiger partial charge on any atom is 0.222 e. The molecule has 150 valence electrons. The summed E-state index contributed by atoms with van der Waals surface area (Å²) in [7, 11) is 1.76. The molecule has 1 aromatic heterocycles. The molecule has 0 saturated heterocycles. The van der Waals surface area contributed by atoms with Gasteiger partial charge in [-0.3, -0.25) is 9.79 Å². The monoisotopic (exact) mass is 399 g/mol. The number of carbonyl (C=O) groups excluding carboxylic acids is 1. The number of rotatable bonds is 6. The van der Waals surface area contributed by atoms with Gasteiger partial charge in [-0.2, -0.15) is 0 Å². The molecule has 1 amide bonds. The van der Waals surface area contributed by atoms with E-state index in [4.69, 9.17) is 0 Å². The lowest BCUT2D eigenvalue weighted by atomic mass is 9.99. The van der Waals surface area contributed by atoms with Crippen LogP contribution in [0.2, 0.25) is 0 Å². The predicted octanol–water partition coefficient (Wildman–Crippen LogP) is 2.79. The van der Waals surface area contributed by atoms with Crippen LogP contribution in [0.4, 0.5) is 0 Å². The Kier molecular flexibility index (Phi) is 7.03. The maximum atomic E-state index is 12.5. The van der Waals surface area contributed by atoms with Crippen LogP contribution in [0.15, 0.2) is 29.3 Å². The number of aliphatic imine (C=N–C) groups is 1. The van der Waals surface area contributed by atoms with E-state index < -0.39 is 0 Å². The van der Waals surface area contributed by atoms with E-state index >= 15 is 0 Å². The lowest BCUT2D eigenvalue weighted by Gasteiger charge is -2.29. The van der Waals surface area contributed by atoms with Crippen LogP contribution in [0.25, 0.3) is 0 Å². The highest BCUT2D eigenvalue weighted by atomic mass is 32.1. The first-order valence-electron chi connectivity index (χ1n) is 9.79. The Morgan fingerprint density at radius 3 is 2.75 bits per heavy atom. The van der Waals surface area contributed by atoms with Crippen LogP contribution >= 0.6 is 11.3 Å². The molecule has 0 fully saturated rings. The van der Waals surface area contributed by atoms with E-state index in [9.17, 15) is 4.79 Å². The van der Waals surface area contributed by atoms with Gasteiger partial charge in [-0.15, -0.1) is 11.3 Å². The van der Waals surface area contributed by atoms with Crippen LogP contribution in [0.3, 0.4) is 0 Å². The van der Waals surface area contributed by atoms with Gasteiger partial charge in [0, 0.05) is 38.0 Å². The molecule has 0 bridgehead atoms. The van der Waals surface area contributed by atoms with E-state index in [0.29, 0.717) is 13.0 Å². The fraction of sp³-hybridized carbons (Fsp3) is 0.476. The normalized spacial score (nSPS) is 14.0. The molecular weight excluding hydrogens is 370 g/mol. The number of carbonyl (C=O) groups is 1. The first-order chi connectivity index (χ1) is 13.6. The zero-order valence-corrected chi connectivity index (χ0v) is 17.7. The molecule has 28 heavy (non-hydrogen) atoms. The molecule has 3 rings (SSSR count). The number of nitrogens with one attached hydrogen (secondary N) is 2. The van der Waals surface area contributed by atoms with Crippen molar-refractivity contribution in [1.82, 2.24) is 20.5 Å². The number of guanidine groups is 1. The van der Waals surface area contributed by atoms with Crippen molar-refractivity contribution in [3.63, 3.8) is 0 Å².